The number of halogens is 1. The number of benzene rings is 2. The first kappa shape index (κ1) is 22.2. The number of hydrogen-bond acceptors (Lipinski definition) is 4. The molecule has 0 bridgehead atoms. The Hall–Kier alpha value is -3.03. The van der Waals surface area contributed by atoms with E-state index < -0.39 is 0 Å². The van der Waals surface area contributed by atoms with Crippen molar-refractivity contribution >= 4 is 35.0 Å². The molecule has 0 aliphatic carbocycles. The molecule has 1 atom stereocenters. The number of aryl methyl sites for hydroxylation is 2. The maximum absolute atomic E-state index is 13.0. The van der Waals surface area contributed by atoms with E-state index in [0.29, 0.717) is 10.2 Å². The molecule has 8 heteroatoms. The zero-order chi connectivity index (χ0) is 22.8. The van der Waals surface area contributed by atoms with Crippen LogP contribution in [0.2, 0.25) is 5.02 Å². The number of amides is 1. The minimum atomic E-state index is -0.377. The van der Waals surface area contributed by atoms with Crippen molar-refractivity contribution in [2.45, 2.75) is 31.2 Å². The van der Waals surface area contributed by atoms with Gasteiger partial charge in [-0.15, -0.1) is 0 Å². The highest BCUT2D eigenvalue weighted by Crippen LogP contribution is 2.33. The second kappa shape index (κ2) is 9.22. The monoisotopic (exact) mass is 465 g/mol. The third-order valence-corrected chi connectivity index (χ3v) is 6.58. The number of nitrogens with zero attached hydrogens (tertiary/aromatic N) is 4. The van der Waals surface area contributed by atoms with Gasteiger partial charge in [-0.3, -0.25) is 14.0 Å². The summed E-state index contributed by atoms with van der Waals surface area (Å²) in [5, 5.41) is 8.37. The molecule has 2 heterocycles. The summed E-state index contributed by atoms with van der Waals surface area (Å²) in [5.74, 6) is -0.101. The number of carbonyl (C=O) groups excluding carboxylic acids is 1. The number of carbonyl (C=O) groups is 1. The van der Waals surface area contributed by atoms with Gasteiger partial charge in [0, 0.05) is 23.3 Å². The third kappa shape index (κ3) is 4.45. The third-order valence-electron chi connectivity index (χ3n) is 5.27. The minimum absolute atomic E-state index is 0.101. The average Bonchev–Trinajstić information content (AvgIpc) is 3.30. The lowest BCUT2D eigenvalue weighted by Crippen LogP contribution is -2.23. The molecular formula is C24H24ClN5OS. The Morgan fingerprint density at radius 2 is 1.88 bits per heavy atom. The zero-order valence-electron chi connectivity index (χ0n) is 18.3. The maximum atomic E-state index is 13.0. The number of imidazole rings is 1. The molecule has 0 fully saturated rings. The van der Waals surface area contributed by atoms with Crippen molar-refractivity contribution in [3.8, 4) is 16.9 Å². The van der Waals surface area contributed by atoms with E-state index in [0.717, 1.165) is 34.0 Å². The van der Waals surface area contributed by atoms with E-state index >= 15 is 0 Å². The van der Waals surface area contributed by atoms with E-state index in [-0.39, 0.29) is 11.2 Å². The number of aromatic nitrogens is 4. The summed E-state index contributed by atoms with van der Waals surface area (Å²) < 4.78 is 3.80. The van der Waals surface area contributed by atoms with Crippen LogP contribution >= 0.6 is 23.4 Å². The number of hydrogen-bond donors (Lipinski definition) is 1. The van der Waals surface area contributed by atoms with Crippen molar-refractivity contribution in [2.75, 3.05) is 5.32 Å². The quantitative estimate of drug-likeness (QED) is 0.373. The maximum Gasteiger partial charge on any atom is 0.237 e. The van der Waals surface area contributed by atoms with Gasteiger partial charge in [-0.25, -0.2) is 4.98 Å². The Morgan fingerprint density at radius 3 is 2.53 bits per heavy atom. The molecule has 0 radical (unpaired) electrons. The van der Waals surface area contributed by atoms with Crippen LogP contribution < -0.4 is 5.32 Å². The van der Waals surface area contributed by atoms with Crippen LogP contribution in [0.3, 0.4) is 0 Å². The summed E-state index contributed by atoms with van der Waals surface area (Å²) in [4.78, 5) is 17.6. The van der Waals surface area contributed by atoms with E-state index in [9.17, 15) is 4.79 Å². The SMILES string of the molecule is Cc1nn(C)c(C)c1NC(=O)C(C)Sc1ncc(-c2ccccc2)n1-c1cccc(Cl)c1. The summed E-state index contributed by atoms with van der Waals surface area (Å²) in [5.41, 5.74) is 5.32. The van der Waals surface area contributed by atoms with Gasteiger partial charge in [0.2, 0.25) is 5.91 Å². The normalized spacial score (nSPS) is 12.0. The Kier molecular flexibility index (Phi) is 6.39. The van der Waals surface area contributed by atoms with E-state index in [2.05, 4.69) is 15.4 Å². The first-order valence-corrected chi connectivity index (χ1v) is 11.5. The second-order valence-electron chi connectivity index (χ2n) is 7.53. The van der Waals surface area contributed by atoms with Gasteiger partial charge in [-0.05, 0) is 39.0 Å². The highest BCUT2D eigenvalue weighted by molar-refractivity contribution is 8.00. The van der Waals surface area contributed by atoms with E-state index in [1.54, 1.807) is 4.68 Å². The number of anilines is 1. The predicted molar refractivity (Wildman–Crippen MR) is 131 cm³/mol. The van der Waals surface area contributed by atoms with E-state index in [4.69, 9.17) is 11.6 Å². The Labute approximate surface area is 196 Å². The molecule has 2 aromatic carbocycles. The topological polar surface area (TPSA) is 64.7 Å². The van der Waals surface area contributed by atoms with Gasteiger partial charge in [0.05, 0.1) is 34.2 Å². The van der Waals surface area contributed by atoms with Crippen LogP contribution in [0.1, 0.15) is 18.3 Å². The van der Waals surface area contributed by atoms with Crippen LogP contribution in [-0.4, -0.2) is 30.5 Å². The van der Waals surface area contributed by atoms with Crippen LogP contribution in [-0.2, 0) is 11.8 Å². The Morgan fingerprint density at radius 1 is 1.12 bits per heavy atom. The molecule has 4 rings (SSSR count). The smallest absolute Gasteiger partial charge is 0.237 e. The van der Waals surface area contributed by atoms with Crippen LogP contribution in [0.4, 0.5) is 5.69 Å². The summed E-state index contributed by atoms with van der Waals surface area (Å²) in [7, 11) is 1.86. The molecule has 0 aliphatic rings. The predicted octanol–water partition coefficient (Wildman–Crippen LogP) is 5.66. The van der Waals surface area contributed by atoms with E-state index in [1.165, 1.54) is 11.8 Å². The lowest BCUT2D eigenvalue weighted by Gasteiger charge is -2.15. The fourth-order valence-electron chi connectivity index (χ4n) is 3.49. The molecule has 32 heavy (non-hydrogen) atoms. The van der Waals surface area contributed by atoms with Gasteiger partial charge < -0.3 is 5.32 Å². The molecule has 4 aromatic rings. The lowest BCUT2D eigenvalue weighted by molar-refractivity contribution is -0.115. The first-order chi connectivity index (χ1) is 15.3. The number of thioether (sulfide) groups is 1. The first-order valence-electron chi connectivity index (χ1n) is 10.2. The number of nitrogens with one attached hydrogen (secondary N) is 1. The Balaban J connectivity index is 1.66. The average molecular weight is 466 g/mol. The van der Waals surface area contributed by atoms with Crippen molar-refractivity contribution in [2.24, 2.45) is 7.05 Å². The van der Waals surface area contributed by atoms with Crippen molar-refractivity contribution < 1.29 is 4.79 Å². The van der Waals surface area contributed by atoms with Gasteiger partial charge in [0.15, 0.2) is 5.16 Å². The van der Waals surface area contributed by atoms with Crippen LogP contribution in [0.15, 0.2) is 66.0 Å². The van der Waals surface area contributed by atoms with Gasteiger partial charge >= 0.3 is 0 Å². The summed E-state index contributed by atoms with van der Waals surface area (Å²) in [6.07, 6.45) is 1.83. The van der Waals surface area contributed by atoms with Gasteiger partial charge in [-0.1, -0.05) is 59.8 Å². The van der Waals surface area contributed by atoms with Crippen LogP contribution in [0.25, 0.3) is 16.9 Å². The highest BCUT2D eigenvalue weighted by Gasteiger charge is 2.22. The van der Waals surface area contributed by atoms with Crippen LogP contribution in [0, 0.1) is 13.8 Å². The standard InChI is InChI=1S/C24H24ClN5OS/c1-15-22(16(2)29(4)28-15)27-23(31)17(3)32-24-26-14-21(18-9-6-5-7-10-18)30(24)20-12-8-11-19(25)13-20/h5-14,17H,1-4H3,(H,27,31). The van der Waals surface area contributed by atoms with Crippen molar-refractivity contribution in [1.82, 2.24) is 19.3 Å². The van der Waals surface area contributed by atoms with Gasteiger partial charge in [0.25, 0.3) is 0 Å². The summed E-state index contributed by atoms with van der Waals surface area (Å²) in [6.45, 7) is 5.70. The fourth-order valence-corrected chi connectivity index (χ4v) is 4.58. The fraction of sp³-hybridized carbons (Fsp3) is 0.208. The largest absolute Gasteiger partial charge is 0.322 e. The van der Waals surface area contributed by atoms with Gasteiger partial charge in [0.1, 0.15) is 0 Å². The van der Waals surface area contributed by atoms with Crippen LogP contribution in [0.5, 0.6) is 0 Å². The molecular weight excluding hydrogens is 442 g/mol. The molecule has 1 amide bonds. The highest BCUT2D eigenvalue weighted by atomic mass is 35.5. The Bertz CT molecular complexity index is 1260. The van der Waals surface area contributed by atoms with Gasteiger partial charge in [-0.2, -0.15) is 5.10 Å². The lowest BCUT2D eigenvalue weighted by atomic mass is 10.1. The molecule has 164 valence electrons. The second-order valence-corrected chi connectivity index (χ2v) is 9.27. The van der Waals surface area contributed by atoms with Crippen molar-refractivity contribution in [1.29, 1.82) is 0 Å². The summed E-state index contributed by atoms with van der Waals surface area (Å²) >= 11 is 7.68. The molecule has 0 aliphatic heterocycles. The molecule has 2 aromatic heterocycles. The molecule has 1 unspecified atom stereocenters. The molecule has 0 saturated carbocycles. The summed E-state index contributed by atoms with van der Waals surface area (Å²) in [6, 6.07) is 17.7. The minimum Gasteiger partial charge on any atom is -0.322 e. The molecule has 0 spiro atoms. The molecule has 6 nitrogen and oxygen atoms in total. The molecule has 0 saturated heterocycles. The molecule has 1 N–H and O–H groups in total. The van der Waals surface area contributed by atoms with Crippen molar-refractivity contribution in [3.05, 3.63) is 77.2 Å². The zero-order valence-corrected chi connectivity index (χ0v) is 19.9. The number of rotatable bonds is 6. The van der Waals surface area contributed by atoms with E-state index in [1.807, 2.05) is 93.2 Å². The van der Waals surface area contributed by atoms with Crippen molar-refractivity contribution in [3.63, 3.8) is 0 Å².